The van der Waals surface area contributed by atoms with Gasteiger partial charge in [-0.2, -0.15) is 0 Å². The fourth-order valence-corrected chi connectivity index (χ4v) is 0.453. The van der Waals surface area contributed by atoms with E-state index in [2.05, 4.69) is 11.5 Å². The van der Waals surface area contributed by atoms with Crippen LogP contribution in [0.5, 0.6) is 0 Å². The van der Waals surface area contributed by atoms with Crippen LogP contribution < -0.4 is 17.2 Å². The first kappa shape index (κ1) is 13.5. The van der Waals surface area contributed by atoms with Crippen LogP contribution in [0.3, 0.4) is 0 Å². The highest BCUT2D eigenvalue weighted by atomic mass is 16.1. The molecule has 0 bridgehead atoms. The van der Waals surface area contributed by atoms with E-state index in [-0.39, 0.29) is 12.8 Å². The third kappa shape index (κ3) is 17.8. The molecule has 0 saturated heterocycles. The highest BCUT2D eigenvalue weighted by Crippen LogP contribution is 1.95. The van der Waals surface area contributed by atoms with Crippen molar-refractivity contribution in [3.8, 4) is 0 Å². The molecule has 0 spiro atoms. The topological polar surface area (TPSA) is 112 Å². The van der Waals surface area contributed by atoms with Gasteiger partial charge in [0.2, 0.25) is 12.8 Å². The summed E-state index contributed by atoms with van der Waals surface area (Å²) in [4.78, 5) is 17.2. The van der Waals surface area contributed by atoms with Gasteiger partial charge in [0.25, 0.3) is 0 Å². The molecule has 0 heterocycles. The molecule has 5 heteroatoms. The molecular formula is C8H13N3O2. The molecule has 0 atom stereocenters. The van der Waals surface area contributed by atoms with Crippen LogP contribution in [0.15, 0.2) is 30.3 Å². The summed E-state index contributed by atoms with van der Waals surface area (Å²) in [6.45, 7) is 0. The van der Waals surface area contributed by atoms with E-state index >= 15 is 0 Å². The number of rotatable bonds is 0. The van der Waals surface area contributed by atoms with Crippen molar-refractivity contribution in [2.24, 2.45) is 11.5 Å². The lowest BCUT2D eigenvalue weighted by molar-refractivity contribution is -0.107. The maximum absolute atomic E-state index is 8.58. The van der Waals surface area contributed by atoms with Crippen molar-refractivity contribution in [3.05, 3.63) is 30.3 Å². The zero-order valence-electron chi connectivity index (χ0n) is 7.09. The molecule has 0 aliphatic heterocycles. The van der Waals surface area contributed by atoms with Gasteiger partial charge >= 0.3 is 0 Å². The minimum absolute atomic E-state index is 0.250. The molecule has 0 unspecified atom stereocenters. The van der Waals surface area contributed by atoms with Crippen molar-refractivity contribution in [1.29, 1.82) is 0 Å². The number of amides is 2. The van der Waals surface area contributed by atoms with Crippen molar-refractivity contribution < 1.29 is 9.59 Å². The van der Waals surface area contributed by atoms with Crippen LogP contribution in [-0.2, 0) is 9.59 Å². The predicted molar refractivity (Wildman–Crippen MR) is 51.4 cm³/mol. The molecule has 6 N–H and O–H groups in total. The third-order valence-electron chi connectivity index (χ3n) is 0.800. The first-order chi connectivity index (χ1) is 6.22. The highest BCUT2D eigenvalue weighted by molar-refractivity contribution is 5.42. The number of benzene rings is 1. The smallest absolute Gasteiger partial charge is 0.204 e. The predicted octanol–water partition coefficient (Wildman–Crippen LogP) is -0.528. The van der Waals surface area contributed by atoms with Gasteiger partial charge in [0, 0.05) is 5.69 Å². The zero-order valence-corrected chi connectivity index (χ0v) is 7.09. The lowest BCUT2D eigenvalue weighted by atomic mass is 10.3. The highest BCUT2D eigenvalue weighted by Gasteiger charge is 1.72. The average molecular weight is 183 g/mol. The Kier molecular flexibility index (Phi) is 13.1. The second-order valence-corrected chi connectivity index (χ2v) is 1.68. The Morgan fingerprint density at radius 1 is 0.923 bits per heavy atom. The van der Waals surface area contributed by atoms with E-state index in [1.54, 1.807) is 0 Å². The van der Waals surface area contributed by atoms with Crippen LogP contribution in [0.2, 0.25) is 0 Å². The SMILES string of the molecule is NC=O.NC=O.Nc1ccccc1. The summed E-state index contributed by atoms with van der Waals surface area (Å²) in [6, 6.07) is 9.49. The first-order valence-corrected chi connectivity index (χ1v) is 3.34. The lowest BCUT2D eigenvalue weighted by Crippen LogP contribution is -1.82. The fraction of sp³-hybridized carbons (Fsp3) is 0. The van der Waals surface area contributed by atoms with Crippen molar-refractivity contribution in [2.45, 2.75) is 0 Å². The van der Waals surface area contributed by atoms with Crippen molar-refractivity contribution >= 4 is 18.5 Å². The van der Waals surface area contributed by atoms with E-state index in [1.807, 2.05) is 30.3 Å². The van der Waals surface area contributed by atoms with Gasteiger partial charge in [-0.1, -0.05) is 18.2 Å². The molecule has 72 valence electrons. The molecule has 0 radical (unpaired) electrons. The number of anilines is 1. The minimum atomic E-state index is 0.250. The molecule has 0 aliphatic rings. The molecule has 13 heavy (non-hydrogen) atoms. The van der Waals surface area contributed by atoms with Gasteiger partial charge in [0.15, 0.2) is 0 Å². The Hall–Kier alpha value is -2.04. The summed E-state index contributed by atoms with van der Waals surface area (Å²) < 4.78 is 0. The molecule has 1 rings (SSSR count). The summed E-state index contributed by atoms with van der Waals surface area (Å²) >= 11 is 0. The number of carbonyl (C=O) groups excluding carboxylic acids is 2. The van der Waals surface area contributed by atoms with E-state index in [0.717, 1.165) is 5.69 Å². The van der Waals surface area contributed by atoms with Crippen molar-refractivity contribution in [1.82, 2.24) is 0 Å². The minimum Gasteiger partial charge on any atom is -0.399 e. The van der Waals surface area contributed by atoms with Gasteiger partial charge in [0.05, 0.1) is 0 Å². The Balaban J connectivity index is 0. The van der Waals surface area contributed by atoms with E-state index < -0.39 is 0 Å². The maximum atomic E-state index is 8.58. The first-order valence-electron chi connectivity index (χ1n) is 3.34. The van der Waals surface area contributed by atoms with E-state index in [1.165, 1.54) is 0 Å². The van der Waals surface area contributed by atoms with Crippen LogP contribution in [0.1, 0.15) is 0 Å². The Bertz CT molecular complexity index is 208. The van der Waals surface area contributed by atoms with Crippen molar-refractivity contribution in [3.63, 3.8) is 0 Å². The number of nitrogens with two attached hydrogens (primary N) is 3. The van der Waals surface area contributed by atoms with Crippen LogP contribution in [0.25, 0.3) is 0 Å². The normalized spacial score (nSPS) is 6.46. The summed E-state index contributed by atoms with van der Waals surface area (Å²) in [6.07, 6.45) is 0.500. The number of hydrogen-bond donors (Lipinski definition) is 3. The van der Waals surface area contributed by atoms with Crippen LogP contribution in [0.4, 0.5) is 5.69 Å². The van der Waals surface area contributed by atoms with Crippen LogP contribution in [-0.4, -0.2) is 12.8 Å². The second-order valence-electron chi connectivity index (χ2n) is 1.68. The molecule has 5 nitrogen and oxygen atoms in total. The summed E-state index contributed by atoms with van der Waals surface area (Å²) in [5.74, 6) is 0. The van der Waals surface area contributed by atoms with Gasteiger partial charge in [0.1, 0.15) is 0 Å². The Labute approximate surface area is 76.5 Å². The van der Waals surface area contributed by atoms with E-state index in [0.29, 0.717) is 0 Å². The Morgan fingerprint density at radius 2 is 1.23 bits per heavy atom. The standard InChI is InChI=1S/C6H7N.2CH3NO/c7-6-4-2-1-3-5-6;2*2-1-3/h1-5H,7H2;2*1H,(H2,2,3). The quantitative estimate of drug-likeness (QED) is 0.371. The average Bonchev–Trinajstić information content (AvgIpc) is 2.08. The summed E-state index contributed by atoms with van der Waals surface area (Å²) in [7, 11) is 0. The van der Waals surface area contributed by atoms with Gasteiger partial charge in [-0.25, -0.2) is 0 Å². The summed E-state index contributed by atoms with van der Waals surface area (Å²) in [5.41, 5.74) is 14.5. The van der Waals surface area contributed by atoms with E-state index in [4.69, 9.17) is 15.3 Å². The number of para-hydroxylation sites is 1. The molecule has 1 aromatic carbocycles. The maximum Gasteiger partial charge on any atom is 0.204 e. The molecule has 0 aromatic heterocycles. The largest absolute Gasteiger partial charge is 0.399 e. The third-order valence-corrected chi connectivity index (χ3v) is 0.800. The number of primary amides is 2. The lowest BCUT2D eigenvalue weighted by Gasteiger charge is -1.83. The van der Waals surface area contributed by atoms with Gasteiger partial charge in [-0.05, 0) is 12.1 Å². The molecule has 0 saturated carbocycles. The monoisotopic (exact) mass is 183 g/mol. The number of nitrogen functional groups attached to an aromatic ring is 1. The molecule has 0 fully saturated rings. The summed E-state index contributed by atoms with van der Waals surface area (Å²) in [5, 5.41) is 0. The van der Waals surface area contributed by atoms with Gasteiger partial charge in [-0.15, -0.1) is 0 Å². The van der Waals surface area contributed by atoms with Crippen LogP contribution >= 0.6 is 0 Å². The van der Waals surface area contributed by atoms with Crippen LogP contribution in [0, 0.1) is 0 Å². The Morgan fingerprint density at radius 3 is 1.38 bits per heavy atom. The molecule has 0 aliphatic carbocycles. The molecule has 1 aromatic rings. The zero-order chi connectivity index (χ0) is 10.5. The molecular weight excluding hydrogens is 170 g/mol. The second kappa shape index (κ2) is 12.6. The fourth-order valence-electron chi connectivity index (χ4n) is 0.453. The van der Waals surface area contributed by atoms with Gasteiger partial charge in [-0.3, -0.25) is 9.59 Å². The number of carbonyl (C=O) groups is 2. The van der Waals surface area contributed by atoms with E-state index in [9.17, 15) is 0 Å². The van der Waals surface area contributed by atoms with Gasteiger partial charge < -0.3 is 17.2 Å². The number of hydrogen-bond acceptors (Lipinski definition) is 3. The van der Waals surface area contributed by atoms with Crippen molar-refractivity contribution in [2.75, 3.05) is 5.73 Å². The molecule has 2 amide bonds.